The van der Waals surface area contributed by atoms with Gasteiger partial charge in [-0.25, -0.2) is 9.78 Å². The average Bonchev–Trinajstić information content (AvgIpc) is 3.45. The number of carbonyl (C=O) groups excluding carboxylic acids is 1. The molecule has 6 heteroatoms. The van der Waals surface area contributed by atoms with Gasteiger partial charge in [0.15, 0.2) is 0 Å². The minimum atomic E-state index is -1.01. The second kappa shape index (κ2) is 6.87. The van der Waals surface area contributed by atoms with Crippen molar-refractivity contribution in [2.24, 2.45) is 0 Å². The lowest BCUT2D eigenvalue weighted by molar-refractivity contribution is 0.0696. The first-order chi connectivity index (χ1) is 13.1. The fourth-order valence-electron chi connectivity index (χ4n) is 3.34. The number of aromatic carboxylic acids is 1. The summed E-state index contributed by atoms with van der Waals surface area (Å²) in [5.74, 6) is -0.121. The summed E-state index contributed by atoms with van der Waals surface area (Å²) in [5, 5.41) is 11.8. The molecule has 0 atom stereocenters. The zero-order valence-corrected chi connectivity index (χ0v) is 15.1. The van der Waals surface area contributed by atoms with Gasteiger partial charge in [-0.05, 0) is 54.8 Å². The van der Waals surface area contributed by atoms with E-state index in [2.05, 4.69) is 22.9 Å². The van der Waals surface area contributed by atoms with Crippen LogP contribution < -0.4 is 5.32 Å². The zero-order chi connectivity index (χ0) is 19.0. The molecule has 138 valence electrons. The molecule has 1 saturated carbocycles. The van der Waals surface area contributed by atoms with Crippen LogP contribution in [0.5, 0.6) is 0 Å². The molecule has 1 aliphatic carbocycles. The Balaban J connectivity index is 1.48. The van der Waals surface area contributed by atoms with Gasteiger partial charge in [-0.1, -0.05) is 13.0 Å². The maximum Gasteiger partial charge on any atom is 0.335 e. The Morgan fingerprint density at radius 3 is 2.48 bits per heavy atom. The summed E-state index contributed by atoms with van der Waals surface area (Å²) < 4.78 is 2.35. The highest BCUT2D eigenvalue weighted by Gasteiger charge is 2.27. The number of nitrogens with zero attached hydrogens (tertiary/aromatic N) is 2. The van der Waals surface area contributed by atoms with Crippen molar-refractivity contribution in [1.82, 2.24) is 14.9 Å². The van der Waals surface area contributed by atoms with Crippen LogP contribution in [0, 0.1) is 0 Å². The minimum Gasteiger partial charge on any atom is -0.478 e. The van der Waals surface area contributed by atoms with Gasteiger partial charge >= 0.3 is 5.97 Å². The summed E-state index contributed by atoms with van der Waals surface area (Å²) in [5.41, 5.74) is 3.72. The van der Waals surface area contributed by atoms with Crippen LogP contribution in [0.15, 0.2) is 42.5 Å². The molecular formula is C21H21N3O3. The van der Waals surface area contributed by atoms with Crippen LogP contribution in [0.25, 0.3) is 11.0 Å². The zero-order valence-electron chi connectivity index (χ0n) is 15.1. The molecule has 0 bridgehead atoms. The van der Waals surface area contributed by atoms with Gasteiger partial charge < -0.3 is 15.0 Å². The molecule has 0 radical (unpaired) electrons. The SMILES string of the molecule is CCc1nc2cc(CNC(=O)c3ccc(C(=O)O)cc3)ccc2n1C1CC1. The van der Waals surface area contributed by atoms with E-state index in [9.17, 15) is 9.59 Å². The number of imidazole rings is 1. The van der Waals surface area contributed by atoms with Crippen LogP contribution in [-0.2, 0) is 13.0 Å². The Morgan fingerprint density at radius 1 is 1.15 bits per heavy atom. The predicted octanol–water partition coefficient (Wildman–Crippen LogP) is 3.56. The van der Waals surface area contributed by atoms with Gasteiger partial charge in [0.25, 0.3) is 5.91 Å². The largest absolute Gasteiger partial charge is 0.478 e. The van der Waals surface area contributed by atoms with E-state index < -0.39 is 5.97 Å². The number of fused-ring (bicyclic) bond motifs is 1. The highest BCUT2D eigenvalue weighted by molar-refractivity contribution is 5.95. The van der Waals surface area contributed by atoms with Gasteiger partial charge in [0, 0.05) is 24.6 Å². The van der Waals surface area contributed by atoms with E-state index in [1.165, 1.54) is 37.1 Å². The van der Waals surface area contributed by atoms with Crippen molar-refractivity contribution in [3.8, 4) is 0 Å². The maximum atomic E-state index is 12.3. The van der Waals surface area contributed by atoms with Gasteiger partial charge in [-0.15, -0.1) is 0 Å². The van der Waals surface area contributed by atoms with Crippen molar-refractivity contribution >= 4 is 22.9 Å². The third-order valence-corrected chi connectivity index (χ3v) is 4.90. The van der Waals surface area contributed by atoms with E-state index >= 15 is 0 Å². The molecule has 4 rings (SSSR count). The molecule has 6 nitrogen and oxygen atoms in total. The molecule has 1 heterocycles. The van der Waals surface area contributed by atoms with Gasteiger partial charge in [0.1, 0.15) is 5.82 Å². The standard InChI is InChI=1S/C21H21N3O3/c1-2-19-23-17-11-13(3-10-18(17)24(19)16-8-9-16)12-22-20(25)14-4-6-15(7-5-14)21(26)27/h3-7,10-11,16H,2,8-9,12H2,1H3,(H,22,25)(H,26,27). The summed E-state index contributed by atoms with van der Waals surface area (Å²) in [6.07, 6.45) is 3.34. The Hall–Kier alpha value is -3.15. The number of carboxylic acid groups (broad SMARTS) is 1. The molecule has 2 aromatic carbocycles. The third-order valence-electron chi connectivity index (χ3n) is 4.90. The van der Waals surface area contributed by atoms with Crippen LogP contribution in [0.4, 0.5) is 0 Å². The lowest BCUT2D eigenvalue weighted by Gasteiger charge is -2.07. The summed E-state index contributed by atoms with van der Waals surface area (Å²) in [7, 11) is 0. The molecule has 0 aliphatic heterocycles. The average molecular weight is 363 g/mol. The number of hydrogen-bond acceptors (Lipinski definition) is 3. The summed E-state index contributed by atoms with van der Waals surface area (Å²) in [4.78, 5) is 27.9. The first kappa shape index (κ1) is 17.3. The minimum absolute atomic E-state index is 0.162. The first-order valence-corrected chi connectivity index (χ1v) is 9.18. The van der Waals surface area contributed by atoms with Crippen LogP contribution >= 0.6 is 0 Å². The molecule has 1 fully saturated rings. The van der Waals surface area contributed by atoms with E-state index in [1.54, 1.807) is 0 Å². The second-order valence-electron chi connectivity index (χ2n) is 6.87. The van der Waals surface area contributed by atoms with E-state index in [1.807, 2.05) is 12.1 Å². The lowest BCUT2D eigenvalue weighted by atomic mass is 10.1. The molecule has 27 heavy (non-hydrogen) atoms. The van der Waals surface area contributed by atoms with E-state index in [0.29, 0.717) is 18.2 Å². The van der Waals surface area contributed by atoms with Gasteiger partial charge in [-0.2, -0.15) is 0 Å². The number of rotatable bonds is 6. The molecule has 2 N–H and O–H groups in total. The molecule has 0 unspecified atom stereocenters. The highest BCUT2D eigenvalue weighted by Crippen LogP contribution is 2.38. The molecule has 0 saturated heterocycles. The molecule has 1 aliphatic rings. The van der Waals surface area contributed by atoms with Crippen LogP contribution in [0.1, 0.15) is 57.9 Å². The smallest absolute Gasteiger partial charge is 0.335 e. The molecule has 1 aromatic heterocycles. The number of aryl methyl sites for hydroxylation is 1. The third kappa shape index (κ3) is 3.43. The van der Waals surface area contributed by atoms with Crippen molar-refractivity contribution < 1.29 is 14.7 Å². The molecule has 1 amide bonds. The van der Waals surface area contributed by atoms with E-state index in [-0.39, 0.29) is 11.5 Å². The Labute approximate surface area is 156 Å². The fraction of sp³-hybridized carbons (Fsp3) is 0.286. The Bertz CT molecular complexity index is 1020. The number of carbonyl (C=O) groups is 2. The second-order valence-corrected chi connectivity index (χ2v) is 6.87. The summed E-state index contributed by atoms with van der Waals surface area (Å²) in [6.45, 7) is 2.52. The fourth-order valence-corrected chi connectivity index (χ4v) is 3.34. The summed E-state index contributed by atoms with van der Waals surface area (Å²) >= 11 is 0. The quantitative estimate of drug-likeness (QED) is 0.701. The normalized spacial score (nSPS) is 13.7. The molecular weight excluding hydrogens is 342 g/mol. The number of benzene rings is 2. The van der Waals surface area contributed by atoms with Gasteiger partial charge in [0.05, 0.1) is 16.6 Å². The number of hydrogen-bond donors (Lipinski definition) is 2. The van der Waals surface area contributed by atoms with Crippen LogP contribution in [0.3, 0.4) is 0 Å². The highest BCUT2D eigenvalue weighted by atomic mass is 16.4. The van der Waals surface area contributed by atoms with Gasteiger partial charge in [-0.3, -0.25) is 4.79 Å². The lowest BCUT2D eigenvalue weighted by Crippen LogP contribution is -2.22. The number of carboxylic acids is 1. The topological polar surface area (TPSA) is 84.2 Å². The molecule has 3 aromatic rings. The maximum absolute atomic E-state index is 12.3. The van der Waals surface area contributed by atoms with Crippen molar-refractivity contribution in [2.75, 3.05) is 0 Å². The number of amides is 1. The Morgan fingerprint density at radius 2 is 1.85 bits per heavy atom. The van der Waals surface area contributed by atoms with E-state index in [0.717, 1.165) is 28.8 Å². The Kier molecular flexibility index (Phi) is 4.39. The van der Waals surface area contributed by atoms with Crippen molar-refractivity contribution in [3.63, 3.8) is 0 Å². The number of nitrogens with one attached hydrogen (secondary N) is 1. The van der Waals surface area contributed by atoms with Crippen molar-refractivity contribution in [3.05, 3.63) is 65.0 Å². The number of aromatic nitrogens is 2. The first-order valence-electron chi connectivity index (χ1n) is 9.18. The molecule has 0 spiro atoms. The van der Waals surface area contributed by atoms with Crippen molar-refractivity contribution in [2.45, 2.75) is 38.8 Å². The van der Waals surface area contributed by atoms with Crippen molar-refractivity contribution in [1.29, 1.82) is 0 Å². The predicted molar refractivity (Wildman–Crippen MR) is 102 cm³/mol. The van der Waals surface area contributed by atoms with E-state index in [4.69, 9.17) is 10.1 Å². The monoisotopic (exact) mass is 363 g/mol. The van der Waals surface area contributed by atoms with Crippen LogP contribution in [0.2, 0.25) is 0 Å². The van der Waals surface area contributed by atoms with Crippen LogP contribution in [-0.4, -0.2) is 26.5 Å². The van der Waals surface area contributed by atoms with Gasteiger partial charge in [0.2, 0.25) is 0 Å². The summed E-state index contributed by atoms with van der Waals surface area (Å²) in [6, 6.07) is 12.6.